The predicted octanol–water partition coefficient (Wildman–Crippen LogP) is 2.35. The van der Waals surface area contributed by atoms with Crippen molar-refractivity contribution in [2.45, 2.75) is 44.8 Å². The molecular weight excluding hydrogens is 478 g/mol. The second kappa shape index (κ2) is 8.67. The number of imidazole rings is 1. The van der Waals surface area contributed by atoms with Gasteiger partial charge in [0.25, 0.3) is 11.8 Å². The van der Waals surface area contributed by atoms with Crippen molar-refractivity contribution in [3.8, 4) is 0 Å². The van der Waals surface area contributed by atoms with Crippen LogP contribution in [0.15, 0.2) is 29.0 Å². The van der Waals surface area contributed by atoms with Crippen molar-refractivity contribution in [1.29, 1.82) is 0 Å². The number of methoxy groups -OCH3 is 1. The topological polar surface area (TPSA) is 106 Å². The van der Waals surface area contributed by atoms with E-state index in [1.165, 1.54) is 6.33 Å². The van der Waals surface area contributed by atoms with Crippen LogP contribution in [0.4, 0.5) is 5.69 Å². The summed E-state index contributed by atoms with van der Waals surface area (Å²) in [6, 6.07) is 5.50. The van der Waals surface area contributed by atoms with E-state index in [2.05, 4.69) is 31.5 Å². The van der Waals surface area contributed by atoms with Gasteiger partial charge in [0.1, 0.15) is 11.2 Å². The van der Waals surface area contributed by atoms with E-state index in [-0.39, 0.29) is 35.8 Å². The molecule has 2 N–H and O–H groups in total. The van der Waals surface area contributed by atoms with Crippen LogP contribution in [0.5, 0.6) is 0 Å². The van der Waals surface area contributed by atoms with E-state index in [0.29, 0.717) is 18.8 Å². The van der Waals surface area contributed by atoms with Gasteiger partial charge in [-0.1, -0.05) is 15.9 Å². The Labute approximate surface area is 194 Å². The summed E-state index contributed by atoms with van der Waals surface area (Å²) in [6.45, 7) is 4.61. The molecule has 4 rings (SSSR count). The number of rotatable bonds is 7. The largest absolute Gasteiger partial charge is 0.383 e. The van der Waals surface area contributed by atoms with Gasteiger partial charge in [-0.25, -0.2) is 4.98 Å². The summed E-state index contributed by atoms with van der Waals surface area (Å²) < 4.78 is 7.53. The number of hydrogen-bond acceptors (Lipinski definition) is 5. The number of benzene rings is 1. The SMILES string of the molecule is COCCNC(=O)[C@]1(C)Cn2cnc(C(=O)Nc3ccc(Br)cc3C)c2C(=O)N1C1CC1. The number of nitrogens with zero attached hydrogens (tertiary/aromatic N) is 3. The highest BCUT2D eigenvalue weighted by molar-refractivity contribution is 9.10. The molecule has 2 aliphatic rings. The highest BCUT2D eigenvalue weighted by atomic mass is 79.9. The van der Waals surface area contributed by atoms with Crippen molar-refractivity contribution in [2.24, 2.45) is 0 Å². The van der Waals surface area contributed by atoms with Crippen molar-refractivity contribution in [3.63, 3.8) is 0 Å². The molecule has 1 aromatic carbocycles. The molecule has 0 saturated heterocycles. The van der Waals surface area contributed by atoms with Crippen molar-refractivity contribution in [2.75, 3.05) is 25.6 Å². The molecule has 32 heavy (non-hydrogen) atoms. The third-order valence-corrected chi connectivity index (χ3v) is 6.41. The fourth-order valence-corrected chi connectivity index (χ4v) is 4.60. The normalized spacial score (nSPS) is 20.1. The first-order valence-corrected chi connectivity index (χ1v) is 11.3. The number of amides is 3. The molecule has 0 bridgehead atoms. The molecule has 1 aromatic heterocycles. The zero-order valence-electron chi connectivity index (χ0n) is 18.3. The van der Waals surface area contributed by atoms with Gasteiger partial charge < -0.3 is 24.8 Å². The van der Waals surface area contributed by atoms with Gasteiger partial charge in [-0.3, -0.25) is 14.4 Å². The summed E-state index contributed by atoms with van der Waals surface area (Å²) in [7, 11) is 1.56. The summed E-state index contributed by atoms with van der Waals surface area (Å²) in [5.41, 5.74) is 0.725. The maximum Gasteiger partial charge on any atom is 0.276 e. The lowest BCUT2D eigenvalue weighted by atomic mass is 9.94. The Morgan fingerprint density at radius 1 is 1.34 bits per heavy atom. The number of aryl methyl sites for hydroxylation is 1. The van der Waals surface area contributed by atoms with E-state index in [1.54, 1.807) is 29.6 Å². The summed E-state index contributed by atoms with van der Waals surface area (Å²) in [6.07, 6.45) is 3.13. The van der Waals surface area contributed by atoms with E-state index in [1.807, 2.05) is 19.1 Å². The quantitative estimate of drug-likeness (QED) is 0.564. The number of anilines is 1. The number of hydrogen-bond donors (Lipinski definition) is 2. The molecule has 0 radical (unpaired) electrons. The zero-order valence-corrected chi connectivity index (χ0v) is 19.9. The Hall–Kier alpha value is -2.72. The first kappa shape index (κ1) is 22.5. The number of carbonyl (C=O) groups excluding carboxylic acids is 3. The van der Waals surface area contributed by atoms with E-state index >= 15 is 0 Å². The molecule has 2 heterocycles. The van der Waals surface area contributed by atoms with Gasteiger partial charge in [0, 0.05) is 29.9 Å². The molecule has 0 unspecified atom stereocenters. The van der Waals surface area contributed by atoms with Crippen molar-refractivity contribution in [3.05, 3.63) is 46.0 Å². The standard InChI is InChI=1S/C22H26BrN5O4/c1-13-10-14(23)4-7-16(13)26-19(29)17-18-20(30)28(15-5-6-15)22(2,11-27(18)12-25-17)21(31)24-8-9-32-3/h4,7,10,12,15H,5-6,8-9,11H2,1-3H3,(H,24,31)(H,26,29)/t22-/m0/s1. The molecule has 0 spiro atoms. The van der Waals surface area contributed by atoms with Gasteiger partial charge in [0.05, 0.1) is 19.5 Å². The molecule has 10 heteroatoms. The number of carbonyl (C=O) groups is 3. The Kier molecular flexibility index (Phi) is 6.09. The monoisotopic (exact) mass is 503 g/mol. The van der Waals surface area contributed by atoms with Crippen LogP contribution in [0.25, 0.3) is 0 Å². The first-order chi connectivity index (χ1) is 15.3. The number of fused-ring (bicyclic) bond motifs is 1. The van der Waals surface area contributed by atoms with Crippen LogP contribution in [0.1, 0.15) is 46.3 Å². The van der Waals surface area contributed by atoms with Gasteiger partial charge in [0.2, 0.25) is 5.91 Å². The average Bonchev–Trinajstić information content (AvgIpc) is 3.48. The highest BCUT2D eigenvalue weighted by Crippen LogP contribution is 2.39. The number of ether oxygens (including phenoxy) is 1. The Morgan fingerprint density at radius 3 is 2.75 bits per heavy atom. The molecule has 9 nitrogen and oxygen atoms in total. The third-order valence-electron chi connectivity index (χ3n) is 5.91. The maximum atomic E-state index is 13.6. The van der Waals surface area contributed by atoms with E-state index in [0.717, 1.165) is 22.9 Å². The minimum atomic E-state index is -1.07. The van der Waals surface area contributed by atoms with Crippen LogP contribution in [0.3, 0.4) is 0 Å². The molecule has 3 amide bonds. The summed E-state index contributed by atoms with van der Waals surface area (Å²) in [4.78, 5) is 45.5. The minimum absolute atomic E-state index is 0.0195. The van der Waals surface area contributed by atoms with Crippen LogP contribution in [-0.2, 0) is 16.1 Å². The second-order valence-electron chi connectivity index (χ2n) is 8.41. The lowest BCUT2D eigenvalue weighted by Gasteiger charge is -2.44. The fraction of sp³-hybridized carbons (Fsp3) is 0.455. The Morgan fingerprint density at radius 2 is 2.09 bits per heavy atom. The van der Waals surface area contributed by atoms with E-state index < -0.39 is 11.4 Å². The predicted molar refractivity (Wildman–Crippen MR) is 122 cm³/mol. The van der Waals surface area contributed by atoms with Crippen LogP contribution in [0.2, 0.25) is 0 Å². The minimum Gasteiger partial charge on any atom is -0.383 e. The van der Waals surface area contributed by atoms with Crippen molar-refractivity contribution in [1.82, 2.24) is 19.8 Å². The summed E-state index contributed by atoms with van der Waals surface area (Å²) in [5, 5.41) is 5.70. The highest BCUT2D eigenvalue weighted by Gasteiger charge is 2.53. The van der Waals surface area contributed by atoms with E-state index in [9.17, 15) is 14.4 Å². The van der Waals surface area contributed by atoms with Gasteiger partial charge >= 0.3 is 0 Å². The summed E-state index contributed by atoms with van der Waals surface area (Å²) >= 11 is 3.41. The molecule has 1 atom stereocenters. The van der Waals surface area contributed by atoms with E-state index in [4.69, 9.17) is 4.74 Å². The molecule has 2 aromatic rings. The van der Waals surface area contributed by atoms with Crippen molar-refractivity contribution < 1.29 is 19.1 Å². The zero-order chi connectivity index (χ0) is 23.0. The lowest BCUT2D eigenvalue weighted by Crippen LogP contribution is -2.65. The second-order valence-corrected chi connectivity index (χ2v) is 9.33. The average molecular weight is 504 g/mol. The first-order valence-electron chi connectivity index (χ1n) is 10.5. The number of aromatic nitrogens is 2. The van der Waals surface area contributed by atoms with Gasteiger partial charge in [-0.05, 0) is 50.5 Å². The van der Waals surface area contributed by atoms with Crippen LogP contribution in [-0.4, -0.2) is 64.0 Å². The fourth-order valence-electron chi connectivity index (χ4n) is 4.13. The van der Waals surface area contributed by atoms with Gasteiger partial charge in [0.15, 0.2) is 5.69 Å². The molecule has 1 saturated carbocycles. The van der Waals surface area contributed by atoms with Gasteiger partial charge in [-0.15, -0.1) is 0 Å². The molecule has 170 valence electrons. The smallest absolute Gasteiger partial charge is 0.276 e. The lowest BCUT2D eigenvalue weighted by molar-refractivity contribution is -0.133. The Bertz CT molecular complexity index is 1080. The number of halogens is 1. The summed E-state index contributed by atoms with van der Waals surface area (Å²) in [5.74, 6) is -1.05. The van der Waals surface area contributed by atoms with Crippen LogP contribution < -0.4 is 10.6 Å². The number of nitrogens with one attached hydrogen (secondary N) is 2. The third kappa shape index (κ3) is 4.04. The van der Waals surface area contributed by atoms with Crippen LogP contribution in [0, 0.1) is 6.92 Å². The molecule has 1 aliphatic carbocycles. The van der Waals surface area contributed by atoms with Gasteiger partial charge in [-0.2, -0.15) is 0 Å². The molecular formula is C22H26BrN5O4. The van der Waals surface area contributed by atoms with Crippen molar-refractivity contribution >= 4 is 39.3 Å². The Balaban J connectivity index is 1.63. The van der Waals surface area contributed by atoms with Crippen LogP contribution >= 0.6 is 15.9 Å². The maximum absolute atomic E-state index is 13.6. The molecule has 1 aliphatic heterocycles. The molecule has 1 fully saturated rings.